The van der Waals surface area contributed by atoms with Crippen LogP contribution >= 0.6 is 0 Å². The van der Waals surface area contributed by atoms with Crippen LogP contribution in [0.2, 0.25) is 0 Å². The summed E-state index contributed by atoms with van der Waals surface area (Å²) < 4.78 is 1.63. The van der Waals surface area contributed by atoms with E-state index in [-0.39, 0.29) is 23.9 Å². The summed E-state index contributed by atoms with van der Waals surface area (Å²) in [7, 11) is 0. The van der Waals surface area contributed by atoms with Gasteiger partial charge in [0.25, 0.3) is 5.56 Å². The van der Waals surface area contributed by atoms with Crippen LogP contribution in [-0.4, -0.2) is 44.2 Å². The predicted molar refractivity (Wildman–Crippen MR) is 121 cm³/mol. The van der Waals surface area contributed by atoms with E-state index < -0.39 is 11.0 Å². The van der Waals surface area contributed by atoms with Crippen molar-refractivity contribution in [3.8, 4) is 0 Å². The molecule has 2 saturated carbocycles. The first-order chi connectivity index (χ1) is 14.7. The van der Waals surface area contributed by atoms with Gasteiger partial charge in [0.15, 0.2) is 0 Å². The number of piperidine rings is 1. The van der Waals surface area contributed by atoms with Crippen LogP contribution in [0.1, 0.15) is 90.2 Å². The lowest BCUT2D eigenvalue weighted by Crippen LogP contribution is -2.61. The molecule has 1 amide bonds. The van der Waals surface area contributed by atoms with Gasteiger partial charge >= 0.3 is 0 Å². The van der Waals surface area contributed by atoms with Gasteiger partial charge in [-0.1, -0.05) is 52.9 Å². The Kier molecular flexibility index (Phi) is 6.30. The van der Waals surface area contributed by atoms with Crippen molar-refractivity contribution in [3.63, 3.8) is 0 Å². The number of rotatable bonds is 6. The highest BCUT2D eigenvalue weighted by molar-refractivity contribution is 5.78. The summed E-state index contributed by atoms with van der Waals surface area (Å²) in [4.78, 5) is 31.8. The molecular formula is C25H39N3O3. The van der Waals surface area contributed by atoms with E-state index in [2.05, 4.69) is 11.9 Å². The number of likely N-dealkylation sites (tertiary alicyclic amines) is 1. The van der Waals surface area contributed by atoms with Crippen molar-refractivity contribution in [2.45, 2.75) is 96.6 Å². The number of hydrogen-bond acceptors (Lipinski definition) is 4. The second kappa shape index (κ2) is 8.68. The molecule has 2 heterocycles. The van der Waals surface area contributed by atoms with Gasteiger partial charge in [0.05, 0.1) is 24.0 Å². The topological polar surface area (TPSA) is 75.4 Å². The summed E-state index contributed by atoms with van der Waals surface area (Å²) in [6.45, 7) is 7.43. The second-order valence-electron chi connectivity index (χ2n) is 11.1. The maximum atomic E-state index is 13.2. The quantitative estimate of drug-likeness (QED) is 0.748. The number of carbonyl (C=O) groups excluding carboxylic acids is 1. The molecule has 1 saturated heterocycles. The Labute approximate surface area is 186 Å². The molecule has 0 bridgehead atoms. The highest BCUT2D eigenvalue weighted by Gasteiger charge is 2.49. The molecule has 0 spiro atoms. The van der Waals surface area contributed by atoms with Gasteiger partial charge in [0.1, 0.15) is 0 Å². The Morgan fingerprint density at radius 3 is 2.58 bits per heavy atom. The molecule has 4 rings (SSSR count). The van der Waals surface area contributed by atoms with Crippen molar-refractivity contribution in [1.82, 2.24) is 14.5 Å². The van der Waals surface area contributed by atoms with Crippen LogP contribution in [0, 0.1) is 17.3 Å². The molecule has 3 aliphatic rings. The maximum Gasteiger partial charge on any atom is 0.269 e. The van der Waals surface area contributed by atoms with Crippen LogP contribution < -0.4 is 5.56 Å². The minimum atomic E-state index is -1.04. The SMILES string of the molecule is CC(CC1CCCCC1)C(=O)N1CCC(O)(Cn2cc(C3CC3)ncc2=O)C(C)(C)C1. The van der Waals surface area contributed by atoms with Crippen LogP contribution in [0.25, 0.3) is 0 Å². The predicted octanol–water partition coefficient (Wildman–Crippen LogP) is 3.72. The fourth-order valence-corrected chi connectivity index (χ4v) is 5.63. The summed E-state index contributed by atoms with van der Waals surface area (Å²) in [6, 6.07) is 0. The van der Waals surface area contributed by atoms with Gasteiger partial charge in [-0.15, -0.1) is 0 Å². The zero-order valence-electron chi connectivity index (χ0n) is 19.5. The first-order valence-corrected chi connectivity index (χ1v) is 12.3. The van der Waals surface area contributed by atoms with Crippen molar-refractivity contribution in [2.24, 2.45) is 17.3 Å². The highest BCUT2D eigenvalue weighted by atomic mass is 16.3. The minimum Gasteiger partial charge on any atom is -0.387 e. The van der Waals surface area contributed by atoms with Crippen LogP contribution in [0.5, 0.6) is 0 Å². The van der Waals surface area contributed by atoms with Crippen LogP contribution in [0.4, 0.5) is 0 Å². The van der Waals surface area contributed by atoms with E-state index in [1.807, 2.05) is 24.9 Å². The first kappa shape index (κ1) is 22.5. The van der Waals surface area contributed by atoms with E-state index in [9.17, 15) is 14.7 Å². The fraction of sp³-hybridized carbons (Fsp3) is 0.800. The average Bonchev–Trinajstić information content (AvgIpc) is 3.57. The van der Waals surface area contributed by atoms with Crippen LogP contribution in [0.3, 0.4) is 0 Å². The van der Waals surface area contributed by atoms with E-state index in [4.69, 9.17) is 0 Å². The lowest BCUT2D eigenvalue weighted by atomic mass is 9.69. The van der Waals surface area contributed by atoms with E-state index in [1.54, 1.807) is 4.57 Å². The normalized spacial score (nSPS) is 27.8. The number of aliphatic hydroxyl groups is 1. The number of amides is 1. The molecule has 3 fully saturated rings. The third-order valence-corrected chi connectivity index (χ3v) is 8.11. The lowest BCUT2D eigenvalue weighted by Gasteiger charge is -2.51. The summed E-state index contributed by atoms with van der Waals surface area (Å²) in [6.07, 6.45) is 13.4. The molecule has 1 aromatic heterocycles. The van der Waals surface area contributed by atoms with Crippen molar-refractivity contribution >= 4 is 5.91 Å². The Morgan fingerprint density at radius 1 is 1.23 bits per heavy atom. The molecule has 6 nitrogen and oxygen atoms in total. The van der Waals surface area contributed by atoms with Gasteiger partial charge in [0.2, 0.25) is 5.91 Å². The number of nitrogens with zero attached hydrogens (tertiary/aromatic N) is 3. The molecule has 6 heteroatoms. The molecule has 0 radical (unpaired) electrons. The molecule has 172 valence electrons. The summed E-state index contributed by atoms with van der Waals surface area (Å²) in [5.74, 6) is 1.40. The highest BCUT2D eigenvalue weighted by Crippen LogP contribution is 2.41. The van der Waals surface area contributed by atoms with E-state index in [0.29, 0.717) is 31.3 Å². The van der Waals surface area contributed by atoms with Crippen molar-refractivity contribution in [3.05, 3.63) is 28.4 Å². The Hall–Kier alpha value is -1.69. The van der Waals surface area contributed by atoms with Crippen molar-refractivity contribution in [1.29, 1.82) is 0 Å². The van der Waals surface area contributed by atoms with Crippen molar-refractivity contribution < 1.29 is 9.90 Å². The van der Waals surface area contributed by atoms with Gasteiger partial charge in [-0.3, -0.25) is 14.6 Å². The molecule has 1 N–H and O–H groups in total. The Morgan fingerprint density at radius 2 is 1.94 bits per heavy atom. The maximum absolute atomic E-state index is 13.2. The van der Waals surface area contributed by atoms with E-state index in [1.165, 1.54) is 38.3 Å². The van der Waals surface area contributed by atoms with Gasteiger partial charge in [-0.25, -0.2) is 0 Å². The minimum absolute atomic E-state index is 0.0361. The summed E-state index contributed by atoms with van der Waals surface area (Å²) in [5, 5.41) is 11.6. The monoisotopic (exact) mass is 429 g/mol. The number of aromatic nitrogens is 2. The third kappa shape index (κ3) is 4.89. The van der Waals surface area contributed by atoms with Gasteiger partial charge in [-0.2, -0.15) is 0 Å². The van der Waals surface area contributed by atoms with E-state index >= 15 is 0 Å². The summed E-state index contributed by atoms with van der Waals surface area (Å²) >= 11 is 0. The number of carbonyl (C=O) groups is 1. The van der Waals surface area contributed by atoms with Gasteiger partial charge in [-0.05, 0) is 31.6 Å². The first-order valence-electron chi connectivity index (χ1n) is 12.3. The summed E-state index contributed by atoms with van der Waals surface area (Å²) in [5.41, 5.74) is -0.769. The third-order valence-electron chi connectivity index (χ3n) is 8.11. The standard InChI is InChI=1S/C25H39N3O3/c1-18(13-19-7-5-4-6-8-19)23(30)27-12-11-25(31,24(2,3)16-27)17-28-15-21(20-9-10-20)26-14-22(28)29/h14-15,18-20,31H,4-13,16-17H2,1-3H3. The second-order valence-corrected chi connectivity index (χ2v) is 11.1. The Bertz CT molecular complexity index is 854. The fourth-order valence-electron chi connectivity index (χ4n) is 5.63. The van der Waals surface area contributed by atoms with Gasteiger partial charge in [0, 0.05) is 36.5 Å². The van der Waals surface area contributed by atoms with Crippen molar-refractivity contribution in [2.75, 3.05) is 13.1 Å². The molecule has 2 aliphatic carbocycles. The molecule has 31 heavy (non-hydrogen) atoms. The molecule has 2 atom stereocenters. The zero-order chi connectivity index (χ0) is 22.2. The molecular weight excluding hydrogens is 390 g/mol. The lowest BCUT2D eigenvalue weighted by molar-refractivity contribution is -0.157. The number of hydrogen-bond donors (Lipinski definition) is 1. The molecule has 1 aromatic rings. The Balaban J connectivity index is 1.41. The average molecular weight is 430 g/mol. The van der Waals surface area contributed by atoms with Crippen LogP contribution in [-0.2, 0) is 11.3 Å². The van der Waals surface area contributed by atoms with Crippen LogP contribution in [0.15, 0.2) is 17.2 Å². The molecule has 1 aliphatic heterocycles. The zero-order valence-corrected chi connectivity index (χ0v) is 19.5. The molecule has 2 unspecified atom stereocenters. The van der Waals surface area contributed by atoms with E-state index in [0.717, 1.165) is 25.0 Å². The van der Waals surface area contributed by atoms with Gasteiger partial charge < -0.3 is 14.6 Å². The largest absolute Gasteiger partial charge is 0.387 e. The molecule has 0 aromatic carbocycles. The smallest absolute Gasteiger partial charge is 0.269 e.